The van der Waals surface area contributed by atoms with Crippen LogP contribution in [0.4, 0.5) is 0 Å². The van der Waals surface area contributed by atoms with Crippen LogP contribution in [0.1, 0.15) is 0 Å². The van der Waals surface area contributed by atoms with E-state index in [2.05, 4.69) is 188 Å². The molecule has 0 amide bonds. The molecule has 0 spiro atoms. The Morgan fingerprint density at radius 3 is 1.37 bits per heavy atom. The third kappa shape index (κ3) is 6.51. The fraction of sp³-hybridized carbons (Fsp3) is 0. The Morgan fingerprint density at radius 1 is 0.270 bits per heavy atom. The van der Waals surface area contributed by atoms with Gasteiger partial charge in [-0.2, -0.15) is 0 Å². The Hall–Kier alpha value is -8.54. The van der Waals surface area contributed by atoms with Crippen molar-refractivity contribution >= 4 is 43.6 Å². The van der Waals surface area contributed by atoms with Crippen molar-refractivity contribution in [1.82, 2.24) is 19.9 Å². The molecule has 0 aliphatic carbocycles. The fourth-order valence-corrected chi connectivity index (χ4v) is 8.91. The van der Waals surface area contributed by atoms with Crippen LogP contribution in [0, 0.1) is 0 Å². The quantitative estimate of drug-likeness (QED) is 0.150. The van der Waals surface area contributed by atoms with Crippen LogP contribution in [-0.2, 0) is 0 Å². The van der Waals surface area contributed by atoms with E-state index in [4.69, 9.17) is 24.4 Å². The van der Waals surface area contributed by atoms with Crippen molar-refractivity contribution < 1.29 is 4.42 Å². The van der Waals surface area contributed by atoms with Crippen LogP contribution in [0.2, 0.25) is 0 Å². The van der Waals surface area contributed by atoms with Crippen LogP contribution in [0.3, 0.4) is 0 Å². The Kier molecular flexibility index (Phi) is 8.75. The van der Waals surface area contributed by atoms with Crippen molar-refractivity contribution in [2.75, 3.05) is 0 Å². The van der Waals surface area contributed by atoms with Gasteiger partial charge in [-0.1, -0.05) is 188 Å². The average Bonchev–Trinajstić information content (AvgIpc) is 3.74. The summed E-state index contributed by atoms with van der Waals surface area (Å²) >= 11 is 0. The van der Waals surface area contributed by atoms with E-state index in [1.807, 2.05) is 30.3 Å². The van der Waals surface area contributed by atoms with Crippen molar-refractivity contribution in [3.63, 3.8) is 0 Å². The molecular formula is C58H36N4O. The minimum Gasteiger partial charge on any atom is -0.456 e. The minimum absolute atomic E-state index is 0.592. The Morgan fingerprint density at radius 2 is 0.746 bits per heavy atom. The molecule has 0 saturated carbocycles. The zero-order valence-electron chi connectivity index (χ0n) is 34.0. The largest absolute Gasteiger partial charge is 0.456 e. The van der Waals surface area contributed by atoms with Gasteiger partial charge in [0.2, 0.25) is 0 Å². The molecular weight excluding hydrogens is 769 g/mol. The number of aromatic nitrogens is 4. The highest BCUT2D eigenvalue weighted by molar-refractivity contribution is 6.27. The maximum absolute atomic E-state index is 6.65. The number of pyridine rings is 1. The highest BCUT2D eigenvalue weighted by Crippen LogP contribution is 2.46. The van der Waals surface area contributed by atoms with Gasteiger partial charge in [0.15, 0.2) is 17.5 Å². The lowest BCUT2D eigenvalue weighted by molar-refractivity contribution is 0.669. The first-order valence-electron chi connectivity index (χ1n) is 21.1. The first-order valence-corrected chi connectivity index (χ1v) is 21.1. The maximum Gasteiger partial charge on any atom is 0.164 e. The zero-order chi connectivity index (χ0) is 41.7. The molecule has 12 aromatic rings. The van der Waals surface area contributed by atoms with Gasteiger partial charge in [0.1, 0.15) is 11.2 Å². The molecule has 0 saturated heterocycles. The number of fused-ring (bicyclic) bond motifs is 6. The standard InChI is InChI=1S/C58H36N4O/c1-4-16-37(17-5-1)42-22-14-24-44(34-42)57-60-56(61-58(62-57)45-25-15-23-43(35-45)38-18-6-2-7-19-38)41-32-30-39(31-33-41)52-53-46-26-10-12-28-49(46)59-55(40-20-8-3-9-21-40)48(53)36-51-54(52)47-27-11-13-29-50(47)63-51/h1-36H. The number of para-hydroxylation sites is 2. The van der Waals surface area contributed by atoms with Crippen LogP contribution in [0.5, 0.6) is 0 Å². The number of rotatable bonds is 7. The van der Waals surface area contributed by atoms with E-state index < -0.39 is 0 Å². The molecule has 0 aliphatic rings. The zero-order valence-corrected chi connectivity index (χ0v) is 34.0. The van der Waals surface area contributed by atoms with Gasteiger partial charge < -0.3 is 4.42 Å². The lowest BCUT2D eigenvalue weighted by Gasteiger charge is -2.16. The van der Waals surface area contributed by atoms with Crippen LogP contribution >= 0.6 is 0 Å². The number of nitrogens with zero attached hydrogens (tertiary/aromatic N) is 4. The molecule has 0 atom stereocenters. The SMILES string of the molecule is c1ccc(-c2cccc(-c3nc(-c4ccc(-c5c6c(cc7c(-c8ccccc8)nc8ccccc8c57)oc5ccccc56)cc4)nc(-c4cccc(-c5ccccc5)c4)n3)c2)cc1. The Labute approximate surface area is 363 Å². The number of furan rings is 1. The topological polar surface area (TPSA) is 64.7 Å². The number of benzene rings is 9. The van der Waals surface area contributed by atoms with Gasteiger partial charge in [0, 0.05) is 54.7 Å². The summed E-state index contributed by atoms with van der Waals surface area (Å²) in [5.41, 5.74) is 13.9. The average molecular weight is 805 g/mol. The van der Waals surface area contributed by atoms with E-state index in [1.165, 1.54) is 0 Å². The van der Waals surface area contributed by atoms with Gasteiger partial charge in [-0.3, -0.25) is 0 Å². The van der Waals surface area contributed by atoms with Crippen molar-refractivity contribution in [2.24, 2.45) is 0 Å². The van der Waals surface area contributed by atoms with Gasteiger partial charge in [0.25, 0.3) is 0 Å². The van der Waals surface area contributed by atoms with Gasteiger partial charge in [-0.25, -0.2) is 19.9 Å². The highest BCUT2D eigenvalue weighted by atomic mass is 16.3. The molecule has 12 rings (SSSR count). The summed E-state index contributed by atoms with van der Waals surface area (Å²) in [5.74, 6) is 1.81. The smallest absolute Gasteiger partial charge is 0.164 e. The van der Waals surface area contributed by atoms with E-state index in [0.29, 0.717) is 17.5 Å². The van der Waals surface area contributed by atoms with Crippen molar-refractivity contribution in [1.29, 1.82) is 0 Å². The van der Waals surface area contributed by atoms with Crippen molar-refractivity contribution in [3.8, 4) is 78.8 Å². The third-order valence-corrected chi connectivity index (χ3v) is 11.9. The molecule has 0 radical (unpaired) electrons. The predicted octanol–water partition coefficient (Wildman–Crippen LogP) is 15.1. The summed E-state index contributed by atoms with van der Waals surface area (Å²) in [6.45, 7) is 0. The molecule has 3 aromatic heterocycles. The summed E-state index contributed by atoms with van der Waals surface area (Å²) in [6, 6.07) is 75.6. The van der Waals surface area contributed by atoms with Gasteiger partial charge in [-0.05, 0) is 58.1 Å². The summed E-state index contributed by atoms with van der Waals surface area (Å²) in [5, 5.41) is 5.39. The van der Waals surface area contributed by atoms with Crippen LogP contribution < -0.4 is 0 Å². The van der Waals surface area contributed by atoms with Gasteiger partial charge in [-0.15, -0.1) is 0 Å². The Bertz CT molecular complexity index is 3560. The first kappa shape index (κ1) is 36.3. The predicted molar refractivity (Wildman–Crippen MR) is 258 cm³/mol. The molecule has 0 bridgehead atoms. The molecule has 0 fully saturated rings. The second kappa shape index (κ2) is 15.2. The Balaban J connectivity index is 1.06. The molecule has 0 aliphatic heterocycles. The lowest BCUT2D eigenvalue weighted by Crippen LogP contribution is -2.00. The lowest BCUT2D eigenvalue weighted by atomic mass is 9.89. The van der Waals surface area contributed by atoms with Crippen LogP contribution in [0.25, 0.3) is 122 Å². The summed E-state index contributed by atoms with van der Waals surface area (Å²) in [6.07, 6.45) is 0. The second-order valence-corrected chi connectivity index (χ2v) is 15.8. The van der Waals surface area contributed by atoms with E-state index in [0.717, 1.165) is 105 Å². The van der Waals surface area contributed by atoms with E-state index in [1.54, 1.807) is 0 Å². The molecule has 5 heteroatoms. The molecule has 5 nitrogen and oxygen atoms in total. The molecule has 0 N–H and O–H groups in total. The normalized spacial score (nSPS) is 11.5. The molecule has 63 heavy (non-hydrogen) atoms. The molecule has 0 unspecified atom stereocenters. The molecule has 294 valence electrons. The molecule has 3 heterocycles. The van der Waals surface area contributed by atoms with Gasteiger partial charge in [0.05, 0.1) is 11.2 Å². The summed E-state index contributed by atoms with van der Waals surface area (Å²) in [4.78, 5) is 20.8. The summed E-state index contributed by atoms with van der Waals surface area (Å²) < 4.78 is 6.65. The maximum atomic E-state index is 6.65. The molecule has 9 aromatic carbocycles. The first-order chi connectivity index (χ1) is 31.2. The van der Waals surface area contributed by atoms with Crippen molar-refractivity contribution in [2.45, 2.75) is 0 Å². The fourth-order valence-electron chi connectivity index (χ4n) is 8.91. The van der Waals surface area contributed by atoms with E-state index >= 15 is 0 Å². The monoisotopic (exact) mass is 804 g/mol. The van der Waals surface area contributed by atoms with Gasteiger partial charge >= 0.3 is 0 Å². The number of hydrogen-bond donors (Lipinski definition) is 0. The van der Waals surface area contributed by atoms with E-state index in [-0.39, 0.29) is 0 Å². The van der Waals surface area contributed by atoms with E-state index in [9.17, 15) is 0 Å². The highest BCUT2D eigenvalue weighted by Gasteiger charge is 2.22. The number of hydrogen-bond acceptors (Lipinski definition) is 5. The van der Waals surface area contributed by atoms with Crippen molar-refractivity contribution in [3.05, 3.63) is 218 Å². The minimum atomic E-state index is 0.592. The second-order valence-electron chi connectivity index (χ2n) is 15.8. The van der Waals surface area contributed by atoms with Crippen LogP contribution in [0.15, 0.2) is 223 Å². The third-order valence-electron chi connectivity index (χ3n) is 11.9. The van der Waals surface area contributed by atoms with Crippen LogP contribution in [-0.4, -0.2) is 19.9 Å². The summed E-state index contributed by atoms with van der Waals surface area (Å²) in [7, 11) is 0.